The molecule has 0 aliphatic carbocycles. The summed E-state index contributed by atoms with van der Waals surface area (Å²) in [6.07, 6.45) is 3.01. The van der Waals surface area contributed by atoms with Crippen molar-refractivity contribution in [2.24, 2.45) is 5.92 Å². The number of anilines is 2. The third kappa shape index (κ3) is 4.93. The SMILES string of the molecule is Cc1ccc(C2CN(C(=O)CC=O)C(CC(C)C)CN2c2ncc(Cl)cc2N)cc1. The molecule has 1 aromatic heterocycles. The number of piperazine rings is 1. The number of nitrogens with zero attached hydrogens (tertiary/aromatic N) is 3. The first-order valence-electron chi connectivity index (χ1n) is 10.3. The van der Waals surface area contributed by atoms with Crippen LogP contribution in [-0.2, 0) is 9.59 Å². The molecule has 1 aromatic carbocycles. The highest BCUT2D eigenvalue weighted by atomic mass is 35.5. The van der Waals surface area contributed by atoms with Gasteiger partial charge in [0.05, 0.1) is 23.2 Å². The zero-order valence-electron chi connectivity index (χ0n) is 17.7. The molecule has 3 rings (SSSR count). The predicted molar refractivity (Wildman–Crippen MR) is 121 cm³/mol. The number of hydrogen-bond acceptors (Lipinski definition) is 5. The second-order valence-corrected chi connectivity index (χ2v) is 8.78. The van der Waals surface area contributed by atoms with Gasteiger partial charge in [-0.05, 0) is 30.9 Å². The van der Waals surface area contributed by atoms with E-state index in [1.807, 2.05) is 11.8 Å². The molecule has 0 radical (unpaired) electrons. The molecule has 30 heavy (non-hydrogen) atoms. The van der Waals surface area contributed by atoms with E-state index in [0.29, 0.717) is 41.8 Å². The van der Waals surface area contributed by atoms with Crippen molar-refractivity contribution in [1.82, 2.24) is 9.88 Å². The Morgan fingerprint density at radius 3 is 2.60 bits per heavy atom. The van der Waals surface area contributed by atoms with Crippen molar-refractivity contribution in [2.75, 3.05) is 23.7 Å². The van der Waals surface area contributed by atoms with Gasteiger partial charge in [0, 0.05) is 25.3 Å². The van der Waals surface area contributed by atoms with E-state index in [0.717, 1.165) is 17.5 Å². The molecule has 0 spiro atoms. The third-order valence-electron chi connectivity index (χ3n) is 5.51. The van der Waals surface area contributed by atoms with Crippen LogP contribution >= 0.6 is 11.6 Å². The van der Waals surface area contributed by atoms with Crippen LogP contribution in [0.1, 0.15) is 43.9 Å². The van der Waals surface area contributed by atoms with Crippen LogP contribution in [0.4, 0.5) is 11.5 Å². The van der Waals surface area contributed by atoms with Gasteiger partial charge >= 0.3 is 0 Å². The average Bonchev–Trinajstić information content (AvgIpc) is 2.68. The number of rotatable bonds is 6. The van der Waals surface area contributed by atoms with Gasteiger partial charge in [0.25, 0.3) is 0 Å². The topological polar surface area (TPSA) is 79.5 Å². The summed E-state index contributed by atoms with van der Waals surface area (Å²) < 4.78 is 0. The number of halogens is 1. The Kier molecular flexibility index (Phi) is 6.98. The van der Waals surface area contributed by atoms with E-state index in [4.69, 9.17) is 17.3 Å². The predicted octanol–water partition coefficient (Wildman–Crippen LogP) is 4.02. The summed E-state index contributed by atoms with van der Waals surface area (Å²) in [4.78, 5) is 32.4. The Morgan fingerprint density at radius 2 is 2.00 bits per heavy atom. The summed E-state index contributed by atoms with van der Waals surface area (Å²) >= 11 is 6.08. The van der Waals surface area contributed by atoms with Crippen LogP contribution in [0.15, 0.2) is 36.5 Å². The lowest BCUT2D eigenvalue weighted by molar-refractivity contribution is -0.136. The van der Waals surface area contributed by atoms with Crippen molar-refractivity contribution < 1.29 is 9.59 Å². The van der Waals surface area contributed by atoms with E-state index in [1.165, 1.54) is 0 Å². The second kappa shape index (κ2) is 9.47. The molecule has 0 saturated carbocycles. The molecule has 1 aliphatic heterocycles. The van der Waals surface area contributed by atoms with Gasteiger partial charge in [-0.3, -0.25) is 4.79 Å². The smallest absolute Gasteiger partial charge is 0.230 e. The van der Waals surface area contributed by atoms with Gasteiger partial charge in [0.1, 0.15) is 6.29 Å². The maximum absolute atomic E-state index is 12.8. The molecule has 7 heteroatoms. The van der Waals surface area contributed by atoms with E-state index in [2.05, 4.69) is 48.0 Å². The summed E-state index contributed by atoms with van der Waals surface area (Å²) in [6, 6.07) is 9.82. The summed E-state index contributed by atoms with van der Waals surface area (Å²) in [5.41, 5.74) is 9.04. The summed E-state index contributed by atoms with van der Waals surface area (Å²) in [7, 11) is 0. The van der Waals surface area contributed by atoms with Crippen molar-refractivity contribution >= 4 is 35.3 Å². The van der Waals surface area contributed by atoms with Crippen LogP contribution in [-0.4, -0.2) is 41.2 Å². The molecule has 6 nitrogen and oxygen atoms in total. The van der Waals surface area contributed by atoms with Crippen LogP contribution in [0.25, 0.3) is 0 Å². The fraction of sp³-hybridized carbons (Fsp3) is 0.435. The number of carbonyl (C=O) groups excluding carboxylic acids is 2. The van der Waals surface area contributed by atoms with Crippen LogP contribution in [0.2, 0.25) is 5.02 Å². The first-order valence-corrected chi connectivity index (χ1v) is 10.6. The number of aromatic nitrogens is 1. The standard InChI is InChI=1S/C23H29ClN4O2/c1-15(2)10-19-13-28(23-20(25)11-18(24)12-26-23)21(14-27(19)22(30)8-9-29)17-6-4-16(3)5-7-17/h4-7,9,11-12,15,19,21H,8,10,13-14,25H2,1-3H3. The largest absolute Gasteiger partial charge is 0.396 e. The number of hydrogen-bond donors (Lipinski definition) is 1. The highest BCUT2D eigenvalue weighted by Crippen LogP contribution is 2.36. The average molecular weight is 429 g/mol. The Morgan fingerprint density at radius 1 is 1.30 bits per heavy atom. The van der Waals surface area contributed by atoms with Crippen molar-refractivity contribution in [3.8, 4) is 0 Å². The van der Waals surface area contributed by atoms with Crippen molar-refractivity contribution in [2.45, 2.75) is 45.7 Å². The minimum absolute atomic E-state index is 0.0315. The Balaban J connectivity index is 2.05. The van der Waals surface area contributed by atoms with Gasteiger partial charge in [-0.15, -0.1) is 0 Å². The van der Waals surface area contributed by atoms with Gasteiger partial charge < -0.3 is 20.3 Å². The molecular formula is C23H29ClN4O2. The maximum atomic E-state index is 12.8. The molecular weight excluding hydrogens is 400 g/mol. The lowest BCUT2D eigenvalue weighted by atomic mass is 9.93. The molecule has 2 aromatic rings. The number of nitrogens with two attached hydrogens (primary N) is 1. The molecule has 160 valence electrons. The first-order chi connectivity index (χ1) is 14.3. The van der Waals surface area contributed by atoms with E-state index < -0.39 is 0 Å². The quantitative estimate of drug-likeness (QED) is 0.555. The number of benzene rings is 1. The van der Waals surface area contributed by atoms with E-state index in [-0.39, 0.29) is 24.4 Å². The van der Waals surface area contributed by atoms with Crippen LogP contribution in [0.5, 0.6) is 0 Å². The summed E-state index contributed by atoms with van der Waals surface area (Å²) in [5.74, 6) is 0.931. The molecule has 1 aliphatic rings. The van der Waals surface area contributed by atoms with Crippen LogP contribution in [0.3, 0.4) is 0 Å². The monoisotopic (exact) mass is 428 g/mol. The van der Waals surface area contributed by atoms with Gasteiger partial charge in [0.15, 0.2) is 5.82 Å². The van der Waals surface area contributed by atoms with E-state index >= 15 is 0 Å². The molecule has 0 bridgehead atoms. The molecule has 2 heterocycles. The highest BCUT2D eigenvalue weighted by molar-refractivity contribution is 6.30. The third-order valence-corrected chi connectivity index (χ3v) is 5.72. The molecule has 1 fully saturated rings. The number of aldehydes is 1. The molecule has 1 amide bonds. The van der Waals surface area contributed by atoms with Gasteiger partial charge in [0.2, 0.25) is 5.91 Å². The lowest BCUT2D eigenvalue weighted by Gasteiger charge is -2.48. The van der Waals surface area contributed by atoms with Crippen molar-refractivity contribution in [3.63, 3.8) is 0 Å². The zero-order chi connectivity index (χ0) is 21.8. The van der Waals surface area contributed by atoms with Crippen molar-refractivity contribution in [3.05, 3.63) is 52.7 Å². The van der Waals surface area contributed by atoms with Gasteiger partial charge in [-0.25, -0.2) is 4.98 Å². The minimum atomic E-state index is -0.135. The summed E-state index contributed by atoms with van der Waals surface area (Å²) in [6.45, 7) is 7.36. The molecule has 2 N–H and O–H groups in total. The van der Waals surface area contributed by atoms with Gasteiger partial charge in [-0.1, -0.05) is 55.3 Å². The summed E-state index contributed by atoms with van der Waals surface area (Å²) in [5, 5.41) is 0.488. The fourth-order valence-corrected chi connectivity index (χ4v) is 4.29. The second-order valence-electron chi connectivity index (χ2n) is 8.35. The number of nitrogen functional groups attached to an aromatic ring is 1. The number of aryl methyl sites for hydroxylation is 1. The molecule has 2 atom stereocenters. The Labute approximate surface area is 183 Å². The number of pyridine rings is 1. The van der Waals surface area contributed by atoms with Crippen LogP contribution < -0.4 is 10.6 Å². The van der Waals surface area contributed by atoms with Gasteiger partial charge in [-0.2, -0.15) is 0 Å². The van der Waals surface area contributed by atoms with Crippen LogP contribution in [0, 0.1) is 12.8 Å². The maximum Gasteiger partial charge on any atom is 0.230 e. The first kappa shape index (κ1) is 22.1. The number of amides is 1. The Bertz CT molecular complexity index is 901. The minimum Gasteiger partial charge on any atom is -0.396 e. The van der Waals surface area contributed by atoms with E-state index in [1.54, 1.807) is 12.3 Å². The molecule has 2 unspecified atom stereocenters. The number of carbonyl (C=O) groups is 2. The van der Waals surface area contributed by atoms with E-state index in [9.17, 15) is 9.59 Å². The fourth-order valence-electron chi connectivity index (χ4n) is 4.12. The Hall–Kier alpha value is -2.60. The van der Waals surface area contributed by atoms with Crippen molar-refractivity contribution in [1.29, 1.82) is 0 Å². The normalized spacial score (nSPS) is 19.2. The highest BCUT2D eigenvalue weighted by Gasteiger charge is 2.38. The molecule has 1 saturated heterocycles. The zero-order valence-corrected chi connectivity index (χ0v) is 18.5. The lowest BCUT2D eigenvalue weighted by Crippen LogP contribution is -2.57.